The molecule has 2 aromatic rings. The largest absolute Gasteiger partial charge is 0.441 e. The minimum atomic E-state index is 0.461. The lowest BCUT2D eigenvalue weighted by atomic mass is 10.3. The van der Waals surface area contributed by atoms with Crippen molar-refractivity contribution >= 4 is 28.4 Å². The van der Waals surface area contributed by atoms with Crippen LogP contribution in [0.3, 0.4) is 0 Å². The molecule has 0 atom stereocenters. The summed E-state index contributed by atoms with van der Waals surface area (Å²) in [5.74, 6) is 0.686. The molecule has 0 aliphatic rings. The third-order valence-electron chi connectivity index (χ3n) is 2.10. The summed E-state index contributed by atoms with van der Waals surface area (Å²) >= 11 is 5.72. The zero-order valence-corrected chi connectivity index (χ0v) is 8.88. The van der Waals surface area contributed by atoms with E-state index >= 15 is 0 Å². The third-order valence-corrected chi connectivity index (χ3v) is 2.46. The van der Waals surface area contributed by atoms with Crippen molar-refractivity contribution in [3.8, 4) is 0 Å². The van der Waals surface area contributed by atoms with Gasteiger partial charge in [-0.25, -0.2) is 4.98 Å². The van der Waals surface area contributed by atoms with Crippen LogP contribution < -0.4 is 4.90 Å². The molecule has 0 saturated carbocycles. The first kappa shape index (κ1) is 9.34. The van der Waals surface area contributed by atoms with Crippen molar-refractivity contribution in [1.82, 2.24) is 4.98 Å². The van der Waals surface area contributed by atoms with E-state index < -0.39 is 0 Å². The average molecular weight is 211 g/mol. The summed E-state index contributed by atoms with van der Waals surface area (Å²) < 4.78 is 5.37. The van der Waals surface area contributed by atoms with Crippen LogP contribution in [0.5, 0.6) is 0 Å². The zero-order valence-electron chi connectivity index (χ0n) is 8.12. The highest BCUT2D eigenvalue weighted by Crippen LogP contribution is 2.21. The predicted molar refractivity (Wildman–Crippen MR) is 57.9 cm³/mol. The molecule has 0 aliphatic carbocycles. The number of halogens is 1. The van der Waals surface area contributed by atoms with E-state index in [0.717, 1.165) is 16.8 Å². The predicted octanol–water partition coefficient (Wildman–Crippen LogP) is 2.77. The van der Waals surface area contributed by atoms with Crippen LogP contribution in [-0.4, -0.2) is 18.0 Å². The molecule has 2 rings (SSSR count). The number of hydrogen-bond acceptors (Lipinski definition) is 3. The summed E-state index contributed by atoms with van der Waals surface area (Å²) in [6.07, 6.45) is 0. The summed E-state index contributed by atoms with van der Waals surface area (Å²) in [7, 11) is 1.93. The van der Waals surface area contributed by atoms with E-state index in [1.54, 1.807) is 0 Å². The Balaban J connectivity index is 2.50. The molecule has 0 amide bonds. The Morgan fingerprint density at radius 2 is 2.29 bits per heavy atom. The van der Waals surface area contributed by atoms with Gasteiger partial charge in [0, 0.05) is 19.7 Å². The maximum Gasteiger partial charge on any atom is 0.192 e. The Kier molecular flexibility index (Phi) is 2.33. The summed E-state index contributed by atoms with van der Waals surface area (Å²) in [6.45, 7) is 1.84. The summed E-state index contributed by atoms with van der Waals surface area (Å²) in [5, 5.41) is 0. The summed E-state index contributed by atoms with van der Waals surface area (Å²) in [4.78, 5) is 6.19. The quantitative estimate of drug-likeness (QED) is 0.564. The van der Waals surface area contributed by atoms with Crippen molar-refractivity contribution in [2.75, 3.05) is 18.0 Å². The van der Waals surface area contributed by atoms with Crippen molar-refractivity contribution in [2.24, 2.45) is 0 Å². The molecule has 14 heavy (non-hydrogen) atoms. The van der Waals surface area contributed by atoms with E-state index in [0.29, 0.717) is 11.9 Å². The van der Waals surface area contributed by atoms with E-state index in [1.165, 1.54) is 0 Å². The molecule has 1 aromatic carbocycles. The van der Waals surface area contributed by atoms with Crippen LogP contribution in [0.15, 0.2) is 22.6 Å². The van der Waals surface area contributed by atoms with Gasteiger partial charge in [0.2, 0.25) is 0 Å². The highest BCUT2D eigenvalue weighted by Gasteiger charge is 2.04. The number of rotatable bonds is 2. The molecule has 0 fully saturated rings. The standard InChI is InChI=1S/C10H11ClN2O/c1-7-12-9-5-8(13(2)6-11)3-4-10(9)14-7/h3-5H,6H2,1-2H3. The van der Waals surface area contributed by atoms with Crippen molar-refractivity contribution in [2.45, 2.75) is 6.92 Å². The molecule has 0 spiro atoms. The number of hydrogen-bond donors (Lipinski definition) is 0. The second-order valence-electron chi connectivity index (χ2n) is 3.20. The van der Waals surface area contributed by atoms with Crippen molar-refractivity contribution in [1.29, 1.82) is 0 Å². The van der Waals surface area contributed by atoms with Crippen LogP contribution >= 0.6 is 11.6 Å². The lowest BCUT2D eigenvalue weighted by Crippen LogP contribution is -2.13. The van der Waals surface area contributed by atoms with Gasteiger partial charge in [0.25, 0.3) is 0 Å². The SMILES string of the molecule is Cc1nc2cc(N(C)CCl)ccc2o1. The molecular weight excluding hydrogens is 200 g/mol. The van der Waals surface area contributed by atoms with Crippen LogP contribution in [0, 0.1) is 6.92 Å². The lowest BCUT2D eigenvalue weighted by Gasteiger charge is -2.14. The van der Waals surface area contributed by atoms with Crippen molar-refractivity contribution in [3.05, 3.63) is 24.1 Å². The minimum Gasteiger partial charge on any atom is -0.441 e. The van der Waals surface area contributed by atoms with E-state index in [2.05, 4.69) is 4.98 Å². The Morgan fingerprint density at radius 1 is 1.50 bits per heavy atom. The summed E-state index contributed by atoms with van der Waals surface area (Å²) in [6, 6.07) is 6.31. The van der Waals surface area contributed by atoms with Crippen LogP contribution in [0.4, 0.5) is 5.69 Å². The number of nitrogens with zero attached hydrogens (tertiary/aromatic N) is 2. The second kappa shape index (κ2) is 3.50. The Morgan fingerprint density at radius 3 is 3.00 bits per heavy atom. The van der Waals surface area contributed by atoms with E-state index in [9.17, 15) is 0 Å². The molecule has 0 aliphatic heterocycles. The minimum absolute atomic E-state index is 0.461. The van der Waals surface area contributed by atoms with E-state index in [4.69, 9.17) is 16.0 Å². The zero-order chi connectivity index (χ0) is 10.1. The Hall–Kier alpha value is -1.22. The third kappa shape index (κ3) is 1.55. The first-order valence-electron chi connectivity index (χ1n) is 4.35. The lowest BCUT2D eigenvalue weighted by molar-refractivity contribution is 0.561. The van der Waals surface area contributed by atoms with Gasteiger partial charge in [0.05, 0.1) is 6.00 Å². The number of fused-ring (bicyclic) bond motifs is 1. The fourth-order valence-corrected chi connectivity index (χ4v) is 1.48. The Bertz CT molecular complexity index is 452. The van der Waals surface area contributed by atoms with Gasteiger partial charge < -0.3 is 9.32 Å². The average Bonchev–Trinajstić information content (AvgIpc) is 2.55. The molecule has 0 saturated heterocycles. The topological polar surface area (TPSA) is 29.3 Å². The molecule has 1 heterocycles. The normalized spacial score (nSPS) is 10.8. The van der Waals surface area contributed by atoms with Crippen molar-refractivity contribution in [3.63, 3.8) is 0 Å². The van der Waals surface area contributed by atoms with Gasteiger partial charge in [0.1, 0.15) is 5.52 Å². The van der Waals surface area contributed by atoms with E-state index in [1.807, 2.05) is 37.1 Å². The summed E-state index contributed by atoms with van der Waals surface area (Å²) in [5.41, 5.74) is 2.73. The number of aromatic nitrogens is 1. The number of alkyl halides is 1. The van der Waals surface area contributed by atoms with Crippen LogP contribution in [0.1, 0.15) is 5.89 Å². The van der Waals surface area contributed by atoms with Gasteiger partial charge in [-0.05, 0) is 18.2 Å². The molecule has 4 heteroatoms. The molecular formula is C10H11ClN2O. The van der Waals surface area contributed by atoms with Gasteiger partial charge in [-0.1, -0.05) is 0 Å². The first-order chi connectivity index (χ1) is 6.70. The molecule has 0 unspecified atom stereocenters. The fourth-order valence-electron chi connectivity index (χ4n) is 1.34. The molecule has 1 aromatic heterocycles. The van der Waals surface area contributed by atoms with Gasteiger partial charge in [-0.3, -0.25) is 0 Å². The molecule has 3 nitrogen and oxygen atoms in total. The fraction of sp³-hybridized carbons (Fsp3) is 0.300. The van der Waals surface area contributed by atoms with E-state index in [-0.39, 0.29) is 0 Å². The van der Waals surface area contributed by atoms with Gasteiger partial charge in [-0.2, -0.15) is 0 Å². The number of oxazole rings is 1. The highest BCUT2D eigenvalue weighted by atomic mass is 35.5. The second-order valence-corrected chi connectivity index (χ2v) is 3.44. The van der Waals surface area contributed by atoms with Gasteiger partial charge in [-0.15, -0.1) is 11.6 Å². The first-order valence-corrected chi connectivity index (χ1v) is 4.88. The van der Waals surface area contributed by atoms with Crippen LogP contribution in [-0.2, 0) is 0 Å². The molecule has 0 N–H and O–H groups in total. The number of benzene rings is 1. The van der Waals surface area contributed by atoms with Gasteiger partial charge in [0.15, 0.2) is 11.5 Å². The highest BCUT2D eigenvalue weighted by molar-refractivity contribution is 6.19. The maximum atomic E-state index is 5.72. The number of aryl methyl sites for hydroxylation is 1. The molecule has 0 bridgehead atoms. The maximum absolute atomic E-state index is 5.72. The number of anilines is 1. The van der Waals surface area contributed by atoms with Crippen molar-refractivity contribution < 1.29 is 4.42 Å². The van der Waals surface area contributed by atoms with Crippen LogP contribution in [0.25, 0.3) is 11.1 Å². The Labute approximate surface area is 87.3 Å². The van der Waals surface area contributed by atoms with Gasteiger partial charge >= 0.3 is 0 Å². The smallest absolute Gasteiger partial charge is 0.192 e. The monoisotopic (exact) mass is 210 g/mol. The molecule has 74 valence electrons. The molecule has 0 radical (unpaired) electrons. The van der Waals surface area contributed by atoms with Crippen LogP contribution in [0.2, 0.25) is 0 Å².